The smallest absolute Gasteiger partial charge is 0.211 e. The molecule has 1 saturated heterocycles. The van der Waals surface area contributed by atoms with Gasteiger partial charge in [0.2, 0.25) is 10.0 Å². The molecule has 1 aliphatic rings. The summed E-state index contributed by atoms with van der Waals surface area (Å²) in [6.07, 6.45) is 2.68. The van der Waals surface area contributed by atoms with Crippen molar-refractivity contribution in [2.75, 3.05) is 12.4 Å². The Morgan fingerprint density at radius 3 is 2.76 bits per heavy atom. The lowest BCUT2D eigenvalue weighted by Crippen LogP contribution is -2.28. The van der Waals surface area contributed by atoms with Gasteiger partial charge in [-0.1, -0.05) is 0 Å². The third-order valence-electron chi connectivity index (χ3n) is 4.03. The highest BCUT2D eigenvalue weighted by molar-refractivity contribution is 7.89. The van der Waals surface area contributed by atoms with Crippen LogP contribution in [0.25, 0.3) is 0 Å². The average Bonchev–Trinajstić information content (AvgIpc) is 3.04. The number of ether oxygens (including phenoxy) is 1. The highest BCUT2D eigenvalue weighted by Crippen LogP contribution is 2.16. The molecule has 6 nitrogen and oxygen atoms in total. The fourth-order valence-corrected chi connectivity index (χ4v) is 3.79. The van der Waals surface area contributed by atoms with Crippen LogP contribution in [0.1, 0.15) is 43.1 Å². The summed E-state index contributed by atoms with van der Waals surface area (Å²) in [6, 6.07) is 0. The van der Waals surface area contributed by atoms with E-state index in [2.05, 4.69) is 9.82 Å². The van der Waals surface area contributed by atoms with Crippen LogP contribution < -0.4 is 4.72 Å². The number of aryl methyl sites for hydroxylation is 2. The Morgan fingerprint density at radius 1 is 1.43 bits per heavy atom. The fraction of sp³-hybridized carbons (Fsp3) is 0.786. The van der Waals surface area contributed by atoms with Gasteiger partial charge in [0, 0.05) is 31.0 Å². The van der Waals surface area contributed by atoms with E-state index in [1.807, 2.05) is 25.5 Å². The second kappa shape index (κ2) is 6.89. The molecule has 0 bridgehead atoms. The number of rotatable bonds is 7. The Balaban J connectivity index is 1.90. The van der Waals surface area contributed by atoms with Crippen LogP contribution in [0.3, 0.4) is 0 Å². The molecular weight excluding hydrogens is 290 g/mol. The number of sulfonamides is 1. The molecule has 1 aliphatic heterocycles. The van der Waals surface area contributed by atoms with E-state index in [1.54, 1.807) is 0 Å². The highest BCUT2D eigenvalue weighted by atomic mass is 32.2. The molecule has 120 valence electrons. The number of nitrogens with one attached hydrogen (secondary N) is 1. The molecule has 1 atom stereocenters. The second-order valence-electron chi connectivity index (χ2n) is 5.53. The molecule has 0 saturated carbocycles. The summed E-state index contributed by atoms with van der Waals surface area (Å²) in [5.41, 5.74) is 2.88. The molecular formula is C14H25N3O3S. The van der Waals surface area contributed by atoms with Gasteiger partial charge in [-0.25, -0.2) is 13.1 Å². The Kier molecular flexibility index (Phi) is 5.40. The molecule has 0 aromatic carbocycles. The summed E-state index contributed by atoms with van der Waals surface area (Å²) in [5, 5.41) is 4.40. The Bertz CT molecular complexity index is 575. The molecule has 0 amide bonds. The number of hydrogen-bond acceptors (Lipinski definition) is 4. The minimum atomic E-state index is -3.27. The number of hydrogen-bond donors (Lipinski definition) is 1. The lowest BCUT2D eigenvalue weighted by Gasteiger charge is -2.11. The first kappa shape index (κ1) is 16.5. The Morgan fingerprint density at radius 2 is 2.19 bits per heavy atom. The molecule has 1 aromatic rings. The maximum atomic E-state index is 12.1. The van der Waals surface area contributed by atoms with Gasteiger partial charge in [0.05, 0.1) is 17.6 Å². The van der Waals surface area contributed by atoms with E-state index < -0.39 is 10.0 Å². The van der Waals surface area contributed by atoms with E-state index >= 15 is 0 Å². The molecule has 1 fully saturated rings. The van der Waals surface area contributed by atoms with Crippen LogP contribution in [0, 0.1) is 13.8 Å². The van der Waals surface area contributed by atoms with Gasteiger partial charge in [0.1, 0.15) is 0 Å². The predicted molar refractivity (Wildman–Crippen MR) is 81.6 cm³/mol. The molecule has 1 unspecified atom stereocenters. The van der Waals surface area contributed by atoms with E-state index in [-0.39, 0.29) is 11.9 Å². The summed E-state index contributed by atoms with van der Waals surface area (Å²) >= 11 is 0. The van der Waals surface area contributed by atoms with Gasteiger partial charge in [0.15, 0.2) is 0 Å². The maximum absolute atomic E-state index is 12.1. The summed E-state index contributed by atoms with van der Waals surface area (Å²) in [4.78, 5) is 0. The van der Waals surface area contributed by atoms with Gasteiger partial charge in [-0.05, 0) is 40.0 Å². The summed E-state index contributed by atoms with van der Waals surface area (Å²) in [7, 11) is -3.27. The van der Waals surface area contributed by atoms with Crippen molar-refractivity contribution in [2.45, 2.75) is 59.2 Å². The zero-order valence-corrected chi connectivity index (χ0v) is 13.9. The molecule has 2 rings (SSSR count). The van der Waals surface area contributed by atoms with Gasteiger partial charge >= 0.3 is 0 Å². The number of aromatic nitrogens is 2. The summed E-state index contributed by atoms with van der Waals surface area (Å²) in [5.74, 6) is 0.123. The minimum Gasteiger partial charge on any atom is -0.378 e. The molecule has 0 radical (unpaired) electrons. The van der Waals surface area contributed by atoms with E-state index in [1.165, 1.54) is 0 Å². The molecule has 0 spiro atoms. The summed E-state index contributed by atoms with van der Waals surface area (Å²) < 4.78 is 34.2. The topological polar surface area (TPSA) is 73.2 Å². The first-order chi connectivity index (χ1) is 9.93. The third kappa shape index (κ3) is 4.28. The first-order valence-electron chi connectivity index (χ1n) is 7.54. The number of nitrogens with zero attached hydrogens (tertiary/aromatic N) is 2. The van der Waals surface area contributed by atoms with Crippen molar-refractivity contribution in [3.05, 3.63) is 17.0 Å². The van der Waals surface area contributed by atoms with Crippen LogP contribution in [-0.4, -0.2) is 36.7 Å². The van der Waals surface area contributed by atoms with Crippen molar-refractivity contribution in [3.8, 4) is 0 Å². The third-order valence-corrected chi connectivity index (χ3v) is 5.39. The van der Waals surface area contributed by atoms with Gasteiger partial charge < -0.3 is 4.74 Å². The molecule has 21 heavy (non-hydrogen) atoms. The molecule has 1 aromatic heterocycles. The molecule has 2 heterocycles. The standard InChI is InChI=1S/C14H25N3O3S/c1-4-17-12(3)14(11(2)16-17)10-15-21(18,19)9-7-13-6-5-8-20-13/h13,15H,4-10H2,1-3H3. The van der Waals surface area contributed by atoms with Gasteiger partial charge in [-0.15, -0.1) is 0 Å². The van der Waals surface area contributed by atoms with Crippen LogP contribution in [0.5, 0.6) is 0 Å². The van der Waals surface area contributed by atoms with E-state index in [0.29, 0.717) is 13.0 Å². The quantitative estimate of drug-likeness (QED) is 0.828. The van der Waals surface area contributed by atoms with Gasteiger partial charge in [-0.2, -0.15) is 5.10 Å². The zero-order chi connectivity index (χ0) is 15.5. The van der Waals surface area contributed by atoms with Crippen LogP contribution in [0.4, 0.5) is 0 Å². The SMILES string of the molecule is CCn1nc(C)c(CNS(=O)(=O)CCC2CCCO2)c1C. The lowest BCUT2D eigenvalue weighted by atomic mass is 10.2. The highest BCUT2D eigenvalue weighted by Gasteiger charge is 2.20. The van der Waals surface area contributed by atoms with Gasteiger partial charge in [-0.3, -0.25) is 4.68 Å². The second-order valence-corrected chi connectivity index (χ2v) is 7.46. The molecule has 1 N–H and O–H groups in total. The average molecular weight is 315 g/mol. The maximum Gasteiger partial charge on any atom is 0.211 e. The normalized spacial score (nSPS) is 19.3. The summed E-state index contributed by atoms with van der Waals surface area (Å²) in [6.45, 7) is 7.76. The van der Waals surface area contributed by atoms with Crippen LogP contribution in [0.15, 0.2) is 0 Å². The van der Waals surface area contributed by atoms with Crippen LogP contribution in [-0.2, 0) is 27.8 Å². The van der Waals surface area contributed by atoms with Crippen molar-refractivity contribution in [1.29, 1.82) is 0 Å². The monoisotopic (exact) mass is 315 g/mol. The first-order valence-corrected chi connectivity index (χ1v) is 9.20. The zero-order valence-electron chi connectivity index (χ0n) is 13.1. The van der Waals surface area contributed by atoms with E-state index in [0.717, 1.165) is 42.9 Å². The largest absolute Gasteiger partial charge is 0.378 e. The van der Waals surface area contributed by atoms with Crippen molar-refractivity contribution in [3.63, 3.8) is 0 Å². The fourth-order valence-electron chi connectivity index (χ4n) is 2.71. The Hall–Kier alpha value is -0.920. The van der Waals surface area contributed by atoms with E-state index in [9.17, 15) is 8.42 Å². The van der Waals surface area contributed by atoms with Crippen molar-refractivity contribution in [1.82, 2.24) is 14.5 Å². The molecule has 7 heteroatoms. The lowest BCUT2D eigenvalue weighted by molar-refractivity contribution is 0.109. The van der Waals surface area contributed by atoms with Crippen molar-refractivity contribution < 1.29 is 13.2 Å². The molecule has 0 aliphatic carbocycles. The predicted octanol–water partition coefficient (Wildman–Crippen LogP) is 1.51. The van der Waals surface area contributed by atoms with Crippen LogP contribution >= 0.6 is 0 Å². The minimum absolute atomic E-state index is 0.105. The van der Waals surface area contributed by atoms with Crippen molar-refractivity contribution in [2.24, 2.45) is 0 Å². The van der Waals surface area contributed by atoms with Gasteiger partial charge in [0.25, 0.3) is 0 Å². The van der Waals surface area contributed by atoms with E-state index in [4.69, 9.17) is 4.74 Å². The van der Waals surface area contributed by atoms with Crippen molar-refractivity contribution >= 4 is 10.0 Å². The Labute approximate surface area is 126 Å². The van der Waals surface area contributed by atoms with Crippen LogP contribution in [0.2, 0.25) is 0 Å².